The van der Waals surface area contributed by atoms with Crippen molar-refractivity contribution in [2.45, 2.75) is 90.8 Å². The second kappa shape index (κ2) is 7.28. The van der Waals surface area contributed by atoms with E-state index in [1.165, 1.54) is 32.1 Å². The van der Waals surface area contributed by atoms with Crippen molar-refractivity contribution in [2.75, 3.05) is 0 Å². The van der Waals surface area contributed by atoms with Crippen LogP contribution in [0.25, 0.3) is 0 Å². The molecule has 3 nitrogen and oxygen atoms in total. The topological polar surface area (TPSA) is 41.1 Å². The summed E-state index contributed by atoms with van der Waals surface area (Å²) in [5.74, 6) is 0.859. The van der Waals surface area contributed by atoms with Crippen LogP contribution in [0, 0.1) is 5.92 Å². The van der Waals surface area contributed by atoms with E-state index in [1.807, 2.05) is 6.92 Å². The summed E-state index contributed by atoms with van der Waals surface area (Å²) < 4.78 is 0. The van der Waals surface area contributed by atoms with Crippen molar-refractivity contribution in [3.8, 4) is 0 Å². The summed E-state index contributed by atoms with van der Waals surface area (Å²) in [5.41, 5.74) is -0.110. The van der Waals surface area contributed by atoms with E-state index in [0.717, 1.165) is 12.3 Å². The van der Waals surface area contributed by atoms with Crippen LogP contribution in [0.3, 0.4) is 0 Å². The zero-order chi connectivity index (χ0) is 14.5. The van der Waals surface area contributed by atoms with Crippen LogP contribution < -0.4 is 10.6 Å². The lowest BCUT2D eigenvalue weighted by Gasteiger charge is -2.32. The number of hydrogen-bond donors (Lipinski definition) is 2. The third-order valence-electron chi connectivity index (χ3n) is 4.61. The average molecular weight is 268 g/mol. The molecule has 2 unspecified atom stereocenters. The summed E-state index contributed by atoms with van der Waals surface area (Å²) in [5, 5.41) is 6.60. The second-order valence-electron chi connectivity index (χ2n) is 6.80. The van der Waals surface area contributed by atoms with Crippen molar-refractivity contribution < 1.29 is 4.79 Å². The molecule has 0 aromatic carbocycles. The Morgan fingerprint density at radius 3 is 2.32 bits per heavy atom. The molecule has 0 bridgehead atoms. The molecule has 0 spiro atoms. The Kier molecular flexibility index (Phi) is 6.31. The SMILES string of the molecule is CCC(C)(C)NC(=O)C(C)NC(C)C1CCCCC1. The second-order valence-corrected chi connectivity index (χ2v) is 6.80. The quantitative estimate of drug-likeness (QED) is 0.776. The first-order valence-corrected chi connectivity index (χ1v) is 7.94. The van der Waals surface area contributed by atoms with Crippen LogP contribution in [0.2, 0.25) is 0 Å². The predicted molar refractivity (Wildman–Crippen MR) is 81.1 cm³/mol. The van der Waals surface area contributed by atoms with Crippen LogP contribution in [-0.4, -0.2) is 23.5 Å². The molecule has 2 N–H and O–H groups in total. The first-order valence-electron chi connectivity index (χ1n) is 7.94. The Labute approximate surface area is 118 Å². The van der Waals surface area contributed by atoms with E-state index in [4.69, 9.17) is 0 Å². The molecule has 19 heavy (non-hydrogen) atoms. The van der Waals surface area contributed by atoms with E-state index in [2.05, 4.69) is 38.3 Å². The Morgan fingerprint density at radius 2 is 1.79 bits per heavy atom. The fourth-order valence-electron chi connectivity index (χ4n) is 2.77. The normalized spacial score (nSPS) is 20.9. The maximum absolute atomic E-state index is 12.2. The maximum atomic E-state index is 12.2. The molecule has 1 aliphatic rings. The molecule has 0 aromatic heterocycles. The van der Waals surface area contributed by atoms with Gasteiger partial charge in [-0.25, -0.2) is 0 Å². The van der Waals surface area contributed by atoms with Gasteiger partial charge in [0.1, 0.15) is 0 Å². The Balaban J connectivity index is 2.40. The minimum absolute atomic E-state index is 0.109. The third kappa shape index (κ3) is 5.52. The van der Waals surface area contributed by atoms with Crippen molar-refractivity contribution in [3.63, 3.8) is 0 Å². The number of nitrogens with one attached hydrogen (secondary N) is 2. The van der Waals surface area contributed by atoms with Crippen LogP contribution in [-0.2, 0) is 4.79 Å². The molecule has 0 heterocycles. The van der Waals surface area contributed by atoms with Crippen molar-refractivity contribution in [3.05, 3.63) is 0 Å². The van der Waals surface area contributed by atoms with Gasteiger partial charge in [0, 0.05) is 11.6 Å². The summed E-state index contributed by atoms with van der Waals surface area (Å²) in [4.78, 5) is 12.2. The molecule has 0 radical (unpaired) electrons. The van der Waals surface area contributed by atoms with Crippen LogP contribution >= 0.6 is 0 Å². The fourth-order valence-corrected chi connectivity index (χ4v) is 2.77. The van der Waals surface area contributed by atoms with Gasteiger partial charge in [0.2, 0.25) is 5.91 Å². The van der Waals surface area contributed by atoms with Gasteiger partial charge in [-0.05, 0) is 52.9 Å². The van der Waals surface area contributed by atoms with Crippen molar-refractivity contribution in [1.29, 1.82) is 0 Å². The maximum Gasteiger partial charge on any atom is 0.237 e. The molecule has 0 saturated heterocycles. The van der Waals surface area contributed by atoms with Gasteiger partial charge < -0.3 is 10.6 Å². The van der Waals surface area contributed by atoms with E-state index in [-0.39, 0.29) is 17.5 Å². The molecule has 1 amide bonds. The number of carbonyl (C=O) groups is 1. The lowest BCUT2D eigenvalue weighted by molar-refractivity contribution is -0.124. The highest BCUT2D eigenvalue weighted by Crippen LogP contribution is 2.26. The third-order valence-corrected chi connectivity index (χ3v) is 4.61. The fraction of sp³-hybridized carbons (Fsp3) is 0.938. The smallest absolute Gasteiger partial charge is 0.237 e. The first-order chi connectivity index (χ1) is 8.85. The summed E-state index contributed by atoms with van der Waals surface area (Å²) in [7, 11) is 0. The molecule has 1 rings (SSSR count). The number of amides is 1. The van der Waals surface area contributed by atoms with Crippen molar-refractivity contribution in [2.24, 2.45) is 5.92 Å². The minimum atomic E-state index is -0.110. The van der Waals surface area contributed by atoms with Gasteiger partial charge in [-0.1, -0.05) is 26.2 Å². The first kappa shape index (κ1) is 16.5. The van der Waals surface area contributed by atoms with Crippen LogP contribution in [0.15, 0.2) is 0 Å². The summed E-state index contributed by atoms with van der Waals surface area (Å²) in [6.07, 6.45) is 7.64. The zero-order valence-electron chi connectivity index (χ0n) is 13.4. The zero-order valence-corrected chi connectivity index (χ0v) is 13.4. The molecule has 0 aliphatic heterocycles. The Bertz CT molecular complexity index is 282. The Hall–Kier alpha value is -0.570. The van der Waals surface area contributed by atoms with Gasteiger partial charge in [0.15, 0.2) is 0 Å². The van der Waals surface area contributed by atoms with E-state index >= 15 is 0 Å². The number of rotatable bonds is 6. The standard InChI is InChI=1S/C16H32N2O/c1-6-16(4,5)18-15(19)13(3)17-12(2)14-10-8-7-9-11-14/h12-14,17H,6-11H2,1-5H3,(H,18,19). The summed E-state index contributed by atoms with van der Waals surface area (Å²) in [6, 6.07) is 0.327. The highest BCUT2D eigenvalue weighted by Gasteiger charge is 2.25. The highest BCUT2D eigenvalue weighted by molar-refractivity contribution is 5.82. The molecular formula is C16H32N2O. The number of hydrogen-bond acceptors (Lipinski definition) is 2. The molecule has 2 atom stereocenters. The van der Waals surface area contributed by atoms with Gasteiger partial charge in [0.05, 0.1) is 6.04 Å². The van der Waals surface area contributed by atoms with E-state index in [1.54, 1.807) is 0 Å². The lowest BCUT2D eigenvalue weighted by Crippen LogP contribution is -2.53. The molecule has 1 aliphatic carbocycles. The van der Waals surface area contributed by atoms with Gasteiger partial charge in [-0.2, -0.15) is 0 Å². The molecule has 1 saturated carbocycles. The number of carbonyl (C=O) groups excluding carboxylic acids is 1. The van der Waals surface area contributed by atoms with Crippen LogP contribution in [0.4, 0.5) is 0 Å². The molecule has 0 aromatic rings. The minimum Gasteiger partial charge on any atom is -0.350 e. The van der Waals surface area contributed by atoms with Crippen molar-refractivity contribution >= 4 is 5.91 Å². The van der Waals surface area contributed by atoms with Crippen LogP contribution in [0.5, 0.6) is 0 Å². The highest BCUT2D eigenvalue weighted by atomic mass is 16.2. The lowest BCUT2D eigenvalue weighted by atomic mass is 9.84. The van der Waals surface area contributed by atoms with E-state index in [9.17, 15) is 4.79 Å². The molecule has 1 fully saturated rings. The van der Waals surface area contributed by atoms with E-state index < -0.39 is 0 Å². The summed E-state index contributed by atoms with van der Waals surface area (Å²) in [6.45, 7) is 10.4. The van der Waals surface area contributed by atoms with Gasteiger partial charge in [0.25, 0.3) is 0 Å². The molecule has 3 heteroatoms. The Morgan fingerprint density at radius 1 is 1.21 bits per heavy atom. The average Bonchev–Trinajstić information content (AvgIpc) is 2.39. The summed E-state index contributed by atoms with van der Waals surface area (Å²) >= 11 is 0. The van der Waals surface area contributed by atoms with Gasteiger partial charge >= 0.3 is 0 Å². The van der Waals surface area contributed by atoms with E-state index in [0.29, 0.717) is 6.04 Å². The van der Waals surface area contributed by atoms with Gasteiger partial charge in [-0.3, -0.25) is 4.79 Å². The van der Waals surface area contributed by atoms with Crippen molar-refractivity contribution in [1.82, 2.24) is 10.6 Å². The predicted octanol–water partition coefficient (Wildman–Crippen LogP) is 3.24. The van der Waals surface area contributed by atoms with Crippen LogP contribution in [0.1, 0.15) is 73.1 Å². The van der Waals surface area contributed by atoms with Gasteiger partial charge in [-0.15, -0.1) is 0 Å². The molecule has 112 valence electrons. The monoisotopic (exact) mass is 268 g/mol. The largest absolute Gasteiger partial charge is 0.350 e. The molecular weight excluding hydrogens is 236 g/mol.